The molecule has 3 rings (SSSR count). The first-order valence-corrected chi connectivity index (χ1v) is 8.54. The number of ether oxygens (including phenoxy) is 4. The van der Waals surface area contributed by atoms with Gasteiger partial charge in [-0.1, -0.05) is 0 Å². The Balaban J connectivity index is 2.24. The van der Waals surface area contributed by atoms with E-state index in [2.05, 4.69) is 0 Å². The van der Waals surface area contributed by atoms with Crippen LogP contribution < -0.4 is 24.4 Å². The summed E-state index contributed by atoms with van der Waals surface area (Å²) in [6.07, 6.45) is 0. The number of methoxy groups -OCH3 is 2. The fourth-order valence-corrected chi connectivity index (χ4v) is 2.81. The van der Waals surface area contributed by atoms with Crippen LogP contribution in [-0.4, -0.2) is 26.2 Å². The van der Waals surface area contributed by atoms with Crippen molar-refractivity contribution in [2.75, 3.05) is 14.2 Å². The van der Waals surface area contributed by atoms with Crippen molar-refractivity contribution in [1.82, 2.24) is 0 Å². The van der Waals surface area contributed by atoms with Crippen LogP contribution in [0.4, 0.5) is 0 Å². The van der Waals surface area contributed by atoms with Crippen molar-refractivity contribution in [2.24, 2.45) is 0 Å². The number of rotatable bonds is 5. The van der Waals surface area contributed by atoms with Crippen molar-refractivity contribution in [2.45, 2.75) is 13.8 Å². The predicted octanol–water partition coefficient (Wildman–Crippen LogP) is 3.33. The van der Waals surface area contributed by atoms with Crippen LogP contribution in [0.25, 0.3) is 22.3 Å². The molecule has 0 saturated heterocycles. The lowest BCUT2D eigenvalue weighted by molar-refractivity contribution is -0.132. The normalized spacial score (nSPS) is 10.5. The van der Waals surface area contributed by atoms with E-state index >= 15 is 0 Å². The fraction of sp³-hybridized carbons (Fsp3) is 0.190. The van der Waals surface area contributed by atoms with Crippen LogP contribution in [0, 0.1) is 0 Å². The van der Waals surface area contributed by atoms with Crippen LogP contribution in [0.2, 0.25) is 0 Å². The average Bonchev–Trinajstić information content (AvgIpc) is 2.67. The van der Waals surface area contributed by atoms with Crippen LogP contribution in [0.5, 0.6) is 23.0 Å². The highest BCUT2D eigenvalue weighted by molar-refractivity contribution is 5.90. The fourth-order valence-electron chi connectivity index (χ4n) is 2.81. The van der Waals surface area contributed by atoms with Gasteiger partial charge in [-0.05, 0) is 24.3 Å². The maximum atomic E-state index is 13.1. The molecule has 0 aliphatic rings. The number of benzene rings is 2. The molecule has 0 unspecified atom stereocenters. The van der Waals surface area contributed by atoms with Gasteiger partial charge in [-0.25, -0.2) is 0 Å². The monoisotopic (exact) mass is 398 g/mol. The second kappa shape index (κ2) is 8.05. The summed E-state index contributed by atoms with van der Waals surface area (Å²) in [5, 5.41) is 0.0538. The first-order chi connectivity index (χ1) is 13.8. The van der Waals surface area contributed by atoms with E-state index in [4.69, 9.17) is 23.4 Å². The summed E-state index contributed by atoms with van der Waals surface area (Å²) in [6.45, 7) is 2.52. The van der Waals surface area contributed by atoms with E-state index in [0.29, 0.717) is 17.1 Å². The number of esters is 2. The molecule has 0 spiro atoms. The Hall–Kier alpha value is -3.81. The molecule has 0 aliphatic heterocycles. The Bertz CT molecular complexity index is 1140. The Morgan fingerprint density at radius 1 is 0.862 bits per heavy atom. The SMILES string of the molecule is COc1cc(OC(C)=O)c2c(=O)c(OC)c(-c3ccc(OC(C)=O)cc3)oc2c1. The highest BCUT2D eigenvalue weighted by atomic mass is 16.5. The topological polar surface area (TPSA) is 101 Å². The summed E-state index contributed by atoms with van der Waals surface area (Å²) in [5.41, 5.74) is 0.172. The standard InChI is InChI=1S/C21H18O8/c1-11(22)27-14-7-5-13(6-8-14)20-21(26-4)19(24)18-16(28-12(2)23)9-15(25-3)10-17(18)29-20/h5-10H,1-4H3. The van der Waals surface area contributed by atoms with E-state index < -0.39 is 17.4 Å². The summed E-state index contributed by atoms with van der Waals surface area (Å²) < 4.78 is 26.6. The van der Waals surface area contributed by atoms with E-state index in [1.165, 1.54) is 40.2 Å². The van der Waals surface area contributed by atoms with Gasteiger partial charge in [-0.2, -0.15) is 0 Å². The van der Waals surface area contributed by atoms with Crippen LogP contribution in [-0.2, 0) is 9.59 Å². The van der Waals surface area contributed by atoms with Gasteiger partial charge in [0, 0.05) is 31.5 Å². The lowest BCUT2D eigenvalue weighted by Gasteiger charge is -2.13. The molecular weight excluding hydrogens is 380 g/mol. The molecule has 2 aromatic carbocycles. The molecule has 0 aliphatic carbocycles. The lowest BCUT2D eigenvalue weighted by Crippen LogP contribution is -2.11. The zero-order valence-electron chi connectivity index (χ0n) is 16.2. The van der Waals surface area contributed by atoms with Crippen molar-refractivity contribution >= 4 is 22.9 Å². The largest absolute Gasteiger partial charge is 0.496 e. The second-order valence-electron chi connectivity index (χ2n) is 6.00. The Morgan fingerprint density at radius 2 is 1.52 bits per heavy atom. The third kappa shape index (κ3) is 4.06. The summed E-state index contributed by atoms with van der Waals surface area (Å²) in [5.74, 6) is -0.227. The van der Waals surface area contributed by atoms with Gasteiger partial charge in [0.05, 0.1) is 14.2 Å². The minimum atomic E-state index is -0.594. The van der Waals surface area contributed by atoms with Crippen LogP contribution in [0.1, 0.15) is 13.8 Å². The first-order valence-electron chi connectivity index (χ1n) is 8.54. The van der Waals surface area contributed by atoms with Crippen LogP contribution in [0.15, 0.2) is 45.6 Å². The minimum absolute atomic E-state index is 0.00987. The number of carbonyl (C=O) groups excluding carboxylic acids is 2. The van der Waals surface area contributed by atoms with Crippen molar-refractivity contribution in [1.29, 1.82) is 0 Å². The van der Waals surface area contributed by atoms with Crippen LogP contribution >= 0.6 is 0 Å². The molecule has 3 aromatic rings. The molecule has 8 nitrogen and oxygen atoms in total. The van der Waals surface area contributed by atoms with E-state index in [9.17, 15) is 14.4 Å². The van der Waals surface area contributed by atoms with Gasteiger partial charge in [0.25, 0.3) is 0 Å². The van der Waals surface area contributed by atoms with Gasteiger partial charge in [0.15, 0.2) is 5.76 Å². The quantitative estimate of drug-likeness (QED) is 0.476. The van der Waals surface area contributed by atoms with E-state index in [-0.39, 0.29) is 28.2 Å². The molecule has 0 atom stereocenters. The lowest BCUT2D eigenvalue weighted by atomic mass is 10.1. The first kappa shape index (κ1) is 19.9. The second-order valence-corrected chi connectivity index (χ2v) is 6.00. The third-order valence-corrected chi connectivity index (χ3v) is 3.96. The molecular formula is C21H18O8. The Morgan fingerprint density at radius 3 is 2.07 bits per heavy atom. The molecule has 150 valence electrons. The van der Waals surface area contributed by atoms with Crippen molar-refractivity contribution in [3.8, 4) is 34.3 Å². The smallest absolute Gasteiger partial charge is 0.308 e. The average molecular weight is 398 g/mol. The maximum absolute atomic E-state index is 13.1. The molecule has 0 fully saturated rings. The van der Waals surface area contributed by atoms with E-state index in [0.717, 1.165) is 0 Å². The zero-order valence-corrected chi connectivity index (χ0v) is 16.2. The number of hydrogen-bond acceptors (Lipinski definition) is 8. The Kier molecular flexibility index (Phi) is 5.54. The molecule has 0 saturated carbocycles. The van der Waals surface area contributed by atoms with E-state index in [1.54, 1.807) is 24.3 Å². The molecule has 1 aromatic heterocycles. The van der Waals surface area contributed by atoms with Gasteiger partial charge in [0.1, 0.15) is 28.2 Å². The summed E-state index contributed by atoms with van der Waals surface area (Å²) in [7, 11) is 2.78. The van der Waals surface area contributed by atoms with Gasteiger partial charge in [-0.15, -0.1) is 0 Å². The van der Waals surface area contributed by atoms with Gasteiger partial charge in [0.2, 0.25) is 11.2 Å². The molecule has 0 N–H and O–H groups in total. The van der Waals surface area contributed by atoms with Crippen molar-refractivity contribution < 1.29 is 33.0 Å². The molecule has 29 heavy (non-hydrogen) atoms. The molecule has 0 amide bonds. The third-order valence-electron chi connectivity index (χ3n) is 3.96. The zero-order chi connectivity index (χ0) is 21.1. The highest BCUT2D eigenvalue weighted by Crippen LogP contribution is 2.36. The molecule has 1 heterocycles. The van der Waals surface area contributed by atoms with Gasteiger partial charge < -0.3 is 23.4 Å². The molecule has 0 bridgehead atoms. The highest BCUT2D eigenvalue weighted by Gasteiger charge is 2.21. The minimum Gasteiger partial charge on any atom is -0.496 e. The van der Waals surface area contributed by atoms with Gasteiger partial charge >= 0.3 is 11.9 Å². The van der Waals surface area contributed by atoms with E-state index in [1.807, 2.05) is 0 Å². The predicted molar refractivity (Wildman–Crippen MR) is 104 cm³/mol. The van der Waals surface area contributed by atoms with Crippen molar-refractivity contribution in [3.05, 3.63) is 46.6 Å². The number of fused-ring (bicyclic) bond motifs is 1. The Labute approximate surface area is 165 Å². The van der Waals surface area contributed by atoms with Crippen molar-refractivity contribution in [3.63, 3.8) is 0 Å². The summed E-state index contributed by atoms with van der Waals surface area (Å²) in [4.78, 5) is 35.6. The maximum Gasteiger partial charge on any atom is 0.308 e. The number of carbonyl (C=O) groups is 2. The molecule has 8 heteroatoms. The summed E-state index contributed by atoms with van der Waals surface area (Å²) >= 11 is 0. The summed E-state index contributed by atoms with van der Waals surface area (Å²) in [6, 6.07) is 9.32. The molecule has 0 radical (unpaired) electrons. The van der Waals surface area contributed by atoms with Gasteiger partial charge in [-0.3, -0.25) is 14.4 Å². The van der Waals surface area contributed by atoms with Crippen LogP contribution in [0.3, 0.4) is 0 Å². The number of hydrogen-bond donors (Lipinski definition) is 0.